The van der Waals surface area contributed by atoms with E-state index in [1.165, 1.54) is 6.42 Å². The molecule has 1 aliphatic carbocycles. The van der Waals surface area contributed by atoms with Crippen LogP contribution in [0.3, 0.4) is 0 Å². The van der Waals surface area contributed by atoms with Crippen LogP contribution in [0.1, 0.15) is 32.1 Å². The number of nitrogens with zero attached hydrogens (tertiary/aromatic N) is 2. The van der Waals surface area contributed by atoms with Crippen molar-refractivity contribution < 1.29 is 19.0 Å². The van der Waals surface area contributed by atoms with Crippen LogP contribution in [0.2, 0.25) is 0 Å². The molecule has 3 saturated heterocycles. The van der Waals surface area contributed by atoms with Gasteiger partial charge in [0.15, 0.2) is 0 Å². The molecule has 130 valence electrons. The fourth-order valence-electron chi connectivity index (χ4n) is 4.42. The summed E-state index contributed by atoms with van der Waals surface area (Å²) in [5.74, 6) is 0.914. The van der Waals surface area contributed by atoms with E-state index >= 15 is 0 Å². The van der Waals surface area contributed by atoms with Crippen molar-refractivity contribution in [2.24, 2.45) is 5.92 Å². The van der Waals surface area contributed by atoms with E-state index in [1.807, 2.05) is 4.90 Å². The van der Waals surface area contributed by atoms with Gasteiger partial charge in [-0.05, 0) is 38.0 Å². The highest BCUT2D eigenvalue weighted by Crippen LogP contribution is 2.32. The van der Waals surface area contributed by atoms with Crippen LogP contribution in [0.25, 0.3) is 0 Å². The molecule has 0 aromatic rings. The molecular weight excluding hydrogens is 296 g/mol. The quantitative estimate of drug-likeness (QED) is 0.770. The number of piperazine rings is 1. The first-order valence-electron chi connectivity index (χ1n) is 9.15. The second kappa shape index (κ2) is 7.05. The Kier molecular flexibility index (Phi) is 4.85. The second-order valence-corrected chi connectivity index (χ2v) is 7.33. The van der Waals surface area contributed by atoms with Crippen molar-refractivity contribution in [2.75, 3.05) is 46.1 Å². The number of carbonyl (C=O) groups excluding carboxylic acids is 1. The normalized spacial score (nSPS) is 38.7. The van der Waals surface area contributed by atoms with Gasteiger partial charge in [-0.2, -0.15) is 0 Å². The molecule has 23 heavy (non-hydrogen) atoms. The minimum atomic E-state index is -0.170. The first kappa shape index (κ1) is 15.8. The van der Waals surface area contributed by atoms with E-state index in [2.05, 4.69) is 4.90 Å². The molecule has 0 bridgehead atoms. The highest BCUT2D eigenvalue weighted by Gasteiger charge is 2.37. The highest BCUT2D eigenvalue weighted by atomic mass is 16.7. The van der Waals surface area contributed by atoms with E-state index in [4.69, 9.17) is 14.2 Å². The molecule has 4 fully saturated rings. The van der Waals surface area contributed by atoms with Crippen LogP contribution in [-0.2, 0) is 19.0 Å². The van der Waals surface area contributed by atoms with Crippen molar-refractivity contribution in [1.29, 1.82) is 0 Å². The third kappa shape index (κ3) is 3.55. The first-order chi connectivity index (χ1) is 11.3. The summed E-state index contributed by atoms with van der Waals surface area (Å²) in [7, 11) is 0. The summed E-state index contributed by atoms with van der Waals surface area (Å²) in [4.78, 5) is 16.9. The first-order valence-corrected chi connectivity index (χ1v) is 9.15. The molecule has 6 heteroatoms. The van der Waals surface area contributed by atoms with Crippen LogP contribution in [0.15, 0.2) is 0 Å². The topological polar surface area (TPSA) is 51.2 Å². The SMILES string of the molecule is O=C(C1CCCO1)N1CCN(CC2CCC3OCOC3C2)CC1. The van der Waals surface area contributed by atoms with Gasteiger partial charge in [0.1, 0.15) is 12.9 Å². The Bertz CT molecular complexity index is 419. The van der Waals surface area contributed by atoms with Crippen molar-refractivity contribution >= 4 is 5.91 Å². The number of ether oxygens (including phenoxy) is 3. The lowest BCUT2D eigenvalue weighted by Gasteiger charge is -2.39. The molecule has 6 nitrogen and oxygen atoms in total. The average molecular weight is 324 g/mol. The fraction of sp³-hybridized carbons (Fsp3) is 0.941. The Morgan fingerprint density at radius 2 is 1.78 bits per heavy atom. The van der Waals surface area contributed by atoms with Crippen LogP contribution in [-0.4, -0.2) is 80.1 Å². The predicted octanol–water partition coefficient (Wildman–Crippen LogP) is 0.851. The maximum Gasteiger partial charge on any atom is 0.251 e. The van der Waals surface area contributed by atoms with E-state index in [0.717, 1.165) is 65.0 Å². The molecule has 0 spiro atoms. The predicted molar refractivity (Wildman–Crippen MR) is 83.9 cm³/mol. The zero-order chi connectivity index (χ0) is 15.6. The number of carbonyl (C=O) groups is 1. The van der Waals surface area contributed by atoms with Gasteiger partial charge >= 0.3 is 0 Å². The third-order valence-electron chi connectivity index (χ3n) is 5.81. The number of rotatable bonds is 3. The average Bonchev–Trinajstić information content (AvgIpc) is 3.26. The minimum absolute atomic E-state index is 0.170. The van der Waals surface area contributed by atoms with E-state index in [1.54, 1.807) is 0 Å². The summed E-state index contributed by atoms with van der Waals surface area (Å²) in [6.07, 6.45) is 5.89. The van der Waals surface area contributed by atoms with Gasteiger partial charge in [-0.3, -0.25) is 9.69 Å². The van der Waals surface area contributed by atoms with Crippen LogP contribution >= 0.6 is 0 Å². The molecule has 0 aromatic heterocycles. The zero-order valence-electron chi connectivity index (χ0n) is 13.8. The van der Waals surface area contributed by atoms with Crippen molar-refractivity contribution in [3.8, 4) is 0 Å². The lowest BCUT2D eigenvalue weighted by atomic mass is 9.85. The van der Waals surface area contributed by atoms with Crippen molar-refractivity contribution in [3.63, 3.8) is 0 Å². The molecule has 4 atom stereocenters. The summed E-state index contributed by atoms with van der Waals surface area (Å²) in [6.45, 7) is 6.02. The number of hydrogen-bond donors (Lipinski definition) is 0. The Labute approximate surface area is 138 Å². The molecule has 1 saturated carbocycles. The van der Waals surface area contributed by atoms with Gasteiger partial charge in [-0.25, -0.2) is 0 Å². The molecule has 3 heterocycles. The van der Waals surface area contributed by atoms with Crippen molar-refractivity contribution in [3.05, 3.63) is 0 Å². The maximum atomic E-state index is 12.4. The Morgan fingerprint density at radius 3 is 2.57 bits per heavy atom. The van der Waals surface area contributed by atoms with E-state index in [-0.39, 0.29) is 12.0 Å². The van der Waals surface area contributed by atoms with Gasteiger partial charge in [-0.1, -0.05) is 0 Å². The van der Waals surface area contributed by atoms with Crippen LogP contribution in [0.5, 0.6) is 0 Å². The summed E-state index contributed by atoms with van der Waals surface area (Å²) < 4.78 is 16.8. The van der Waals surface area contributed by atoms with Gasteiger partial charge in [-0.15, -0.1) is 0 Å². The standard InChI is InChI=1S/C17H28N2O4/c20-17(15-2-1-9-21-15)19-7-5-18(6-8-19)11-13-3-4-14-16(10-13)23-12-22-14/h13-16H,1-12H2. The molecule has 4 rings (SSSR count). The van der Waals surface area contributed by atoms with Crippen molar-refractivity contribution in [2.45, 2.75) is 50.4 Å². The Hall–Kier alpha value is -0.690. The maximum absolute atomic E-state index is 12.4. The monoisotopic (exact) mass is 324 g/mol. The minimum Gasteiger partial charge on any atom is -0.368 e. The van der Waals surface area contributed by atoms with E-state index < -0.39 is 0 Å². The molecule has 0 radical (unpaired) electrons. The fourth-order valence-corrected chi connectivity index (χ4v) is 4.42. The molecule has 0 aromatic carbocycles. The molecule has 4 unspecified atom stereocenters. The van der Waals surface area contributed by atoms with Gasteiger partial charge in [0, 0.05) is 39.3 Å². The van der Waals surface area contributed by atoms with Crippen LogP contribution < -0.4 is 0 Å². The second-order valence-electron chi connectivity index (χ2n) is 7.33. The summed E-state index contributed by atoms with van der Waals surface area (Å²) in [6, 6.07) is 0. The number of hydrogen-bond acceptors (Lipinski definition) is 5. The highest BCUT2D eigenvalue weighted by molar-refractivity contribution is 5.81. The van der Waals surface area contributed by atoms with Crippen molar-refractivity contribution in [1.82, 2.24) is 9.80 Å². The number of fused-ring (bicyclic) bond motifs is 1. The number of amides is 1. The lowest BCUT2D eigenvalue weighted by Crippen LogP contribution is -2.52. The molecule has 1 amide bonds. The zero-order valence-corrected chi connectivity index (χ0v) is 13.8. The van der Waals surface area contributed by atoms with Gasteiger partial charge < -0.3 is 19.1 Å². The van der Waals surface area contributed by atoms with E-state index in [0.29, 0.717) is 24.9 Å². The smallest absolute Gasteiger partial charge is 0.251 e. The Balaban J connectivity index is 1.21. The molecule has 0 N–H and O–H groups in total. The Morgan fingerprint density at radius 1 is 0.957 bits per heavy atom. The largest absolute Gasteiger partial charge is 0.368 e. The summed E-state index contributed by atoms with van der Waals surface area (Å²) >= 11 is 0. The molecule has 4 aliphatic rings. The van der Waals surface area contributed by atoms with Gasteiger partial charge in [0.25, 0.3) is 5.91 Å². The molecule has 3 aliphatic heterocycles. The van der Waals surface area contributed by atoms with Crippen LogP contribution in [0, 0.1) is 5.92 Å². The van der Waals surface area contributed by atoms with E-state index in [9.17, 15) is 4.79 Å². The van der Waals surface area contributed by atoms with Gasteiger partial charge in [0.05, 0.1) is 12.2 Å². The van der Waals surface area contributed by atoms with Gasteiger partial charge in [0.2, 0.25) is 0 Å². The lowest BCUT2D eigenvalue weighted by molar-refractivity contribution is -0.142. The third-order valence-corrected chi connectivity index (χ3v) is 5.81. The van der Waals surface area contributed by atoms with Crippen LogP contribution in [0.4, 0.5) is 0 Å². The summed E-state index contributed by atoms with van der Waals surface area (Å²) in [5.41, 5.74) is 0. The summed E-state index contributed by atoms with van der Waals surface area (Å²) in [5, 5.41) is 0. The molecular formula is C17H28N2O4.